The molecule has 2 aliphatic rings. The van der Waals surface area contributed by atoms with Gasteiger partial charge < -0.3 is 20.8 Å². The number of nitrogens with one attached hydrogen (secondary N) is 1. The quantitative estimate of drug-likeness (QED) is 0.202. The van der Waals surface area contributed by atoms with Crippen LogP contribution in [0.1, 0.15) is 5.69 Å². The Kier molecular flexibility index (Phi) is 7.04. The van der Waals surface area contributed by atoms with Crippen LogP contribution in [-0.2, 0) is 23.6 Å². The monoisotopic (exact) mass is 505 g/mol. The van der Waals surface area contributed by atoms with E-state index in [1.165, 1.54) is 47.1 Å². The van der Waals surface area contributed by atoms with Crippen LogP contribution in [0.4, 0.5) is 5.13 Å². The van der Waals surface area contributed by atoms with Gasteiger partial charge in [-0.05, 0) is 11.8 Å². The number of amides is 2. The Morgan fingerprint density at radius 3 is 2.77 bits per heavy atom. The first-order valence-corrected chi connectivity index (χ1v) is 14.6. The molecule has 11 nitrogen and oxygen atoms in total. The van der Waals surface area contributed by atoms with Gasteiger partial charge in [0.05, 0.1) is 0 Å². The van der Waals surface area contributed by atoms with Crippen LogP contribution in [0.2, 0.25) is 0 Å². The highest BCUT2D eigenvalue weighted by molar-refractivity contribution is 8.00. The number of nitrogen functional groups attached to an aromatic ring is 1. The second-order valence-corrected chi connectivity index (χ2v) is 12.4. The van der Waals surface area contributed by atoms with Crippen LogP contribution in [0, 0.1) is 0 Å². The Morgan fingerprint density at radius 1 is 1.52 bits per heavy atom. The number of oxime groups is 1. The van der Waals surface area contributed by atoms with Crippen molar-refractivity contribution >= 4 is 70.9 Å². The molecular weight excluding hydrogens is 485 g/mol. The van der Waals surface area contributed by atoms with Crippen molar-refractivity contribution in [1.29, 1.82) is 0 Å². The molecule has 15 heteroatoms. The average molecular weight is 506 g/mol. The number of fused-ring (bicyclic) bond motifs is 1. The van der Waals surface area contributed by atoms with E-state index < -0.39 is 36.6 Å². The van der Waals surface area contributed by atoms with E-state index in [4.69, 9.17) is 10.4 Å². The molecule has 168 valence electrons. The fraction of sp³-hybridized carbons (Fsp3) is 0.438. The Balaban J connectivity index is 1.82. The Hall–Kier alpha value is -2.02. The molecule has 1 aromatic rings. The number of carbonyl (C=O) groups is 3. The van der Waals surface area contributed by atoms with Crippen molar-refractivity contribution in [3.05, 3.63) is 22.3 Å². The minimum Gasteiger partial charge on any atom is -0.477 e. The molecule has 1 saturated heterocycles. The second-order valence-electron chi connectivity index (χ2n) is 6.90. The number of carboxylic acid groups (broad SMARTS) is 1. The number of rotatable bonds is 8. The summed E-state index contributed by atoms with van der Waals surface area (Å²) in [6, 6.07) is -0.945. The molecule has 4 N–H and O–H groups in total. The molecule has 31 heavy (non-hydrogen) atoms. The molecule has 2 aliphatic heterocycles. The zero-order valence-corrected chi connectivity index (χ0v) is 20.1. The maximum atomic E-state index is 12.9. The van der Waals surface area contributed by atoms with Crippen LogP contribution in [0.15, 0.2) is 21.8 Å². The fourth-order valence-corrected chi connectivity index (χ4v) is 5.81. The van der Waals surface area contributed by atoms with Gasteiger partial charge in [-0.3, -0.25) is 19.1 Å². The summed E-state index contributed by atoms with van der Waals surface area (Å²) >= 11 is 3.92. The van der Waals surface area contributed by atoms with E-state index in [2.05, 4.69) is 15.5 Å². The van der Waals surface area contributed by atoms with E-state index in [0.29, 0.717) is 17.1 Å². The van der Waals surface area contributed by atoms with Crippen molar-refractivity contribution < 1.29 is 28.7 Å². The third kappa shape index (κ3) is 5.08. The summed E-state index contributed by atoms with van der Waals surface area (Å²) < 4.78 is 16.8. The molecule has 0 spiro atoms. The lowest BCUT2D eigenvalue weighted by Gasteiger charge is -2.49. The number of hydrogen-bond acceptors (Lipinski definition) is 11. The number of nitrogens with two attached hydrogens (primary N) is 1. The molecule has 0 saturated carbocycles. The largest absolute Gasteiger partial charge is 0.477 e. The molecule has 1 aromatic heterocycles. The smallest absolute Gasteiger partial charge is 0.352 e. The van der Waals surface area contributed by atoms with Crippen LogP contribution in [-0.4, -0.2) is 81.0 Å². The number of nitrogens with zero attached hydrogens (tertiary/aromatic N) is 3. The van der Waals surface area contributed by atoms with Crippen molar-refractivity contribution in [1.82, 2.24) is 15.2 Å². The van der Waals surface area contributed by atoms with E-state index in [-0.39, 0.29) is 22.2 Å². The number of hydrogen-bond donors (Lipinski definition) is 3. The normalized spacial score (nSPS) is 21.5. The van der Waals surface area contributed by atoms with E-state index in [1.54, 1.807) is 0 Å². The first kappa shape index (κ1) is 23.6. The summed E-state index contributed by atoms with van der Waals surface area (Å²) in [5.74, 6) is -1.55. The molecule has 3 rings (SSSR count). The highest BCUT2D eigenvalue weighted by Gasteiger charge is 2.54. The number of aromatic nitrogens is 1. The van der Waals surface area contributed by atoms with Crippen LogP contribution >= 0.6 is 42.2 Å². The first-order valence-electron chi connectivity index (χ1n) is 8.76. The standard InChI is InChI=1S/C16H20N5O6PS3/c1-28(2,26)27-20-9(8-6-31-16(17)18-8)12(22)19-10-13(23)21-11(15(24)25)7(4-29-3)5-30-14(10)21/h6,10,14H,4-5H2,1-3H3,(H2,17,18)(H,19,22)(H,24,25)/t10-,14+/m1/s1. The molecule has 2 amide bonds. The van der Waals surface area contributed by atoms with Crippen molar-refractivity contribution in [2.75, 3.05) is 36.8 Å². The number of anilines is 1. The van der Waals surface area contributed by atoms with Gasteiger partial charge in [0.15, 0.2) is 10.8 Å². The molecule has 2 atom stereocenters. The maximum Gasteiger partial charge on any atom is 0.352 e. The van der Waals surface area contributed by atoms with Gasteiger partial charge in [-0.2, -0.15) is 11.8 Å². The van der Waals surface area contributed by atoms with Crippen molar-refractivity contribution in [2.45, 2.75) is 11.4 Å². The number of thioether (sulfide) groups is 2. The highest BCUT2D eigenvalue weighted by Crippen LogP contribution is 2.41. The summed E-state index contributed by atoms with van der Waals surface area (Å²) in [4.78, 5) is 42.5. The average Bonchev–Trinajstić information content (AvgIpc) is 3.10. The number of β-lactam (4-membered cyclic amide) rings is 1. The molecule has 0 radical (unpaired) electrons. The summed E-state index contributed by atoms with van der Waals surface area (Å²) in [6.07, 6.45) is 1.85. The van der Waals surface area contributed by atoms with E-state index in [0.717, 1.165) is 11.3 Å². The molecular formula is C16H20N5O6PS3. The van der Waals surface area contributed by atoms with E-state index >= 15 is 0 Å². The second kappa shape index (κ2) is 9.23. The lowest BCUT2D eigenvalue weighted by molar-refractivity contribution is -0.150. The van der Waals surface area contributed by atoms with Gasteiger partial charge in [0.2, 0.25) is 0 Å². The van der Waals surface area contributed by atoms with Crippen molar-refractivity contribution in [3.63, 3.8) is 0 Å². The van der Waals surface area contributed by atoms with Gasteiger partial charge in [0, 0.05) is 30.2 Å². The molecule has 0 aliphatic carbocycles. The highest BCUT2D eigenvalue weighted by atomic mass is 32.2. The Bertz CT molecular complexity index is 1030. The number of thiazole rings is 1. The van der Waals surface area contributed by atoms with Gasteiger partial charge in [0.1, 0.15) is 22.8 Å². The SMILES string of the molecule is CSCC1=C(C(=O)O)N2C(=O)[C@@H](NC(=O)C(=NOP(C)(C)=O)c3csc(N)n3)[C@@H]2SC1. The molecule has 0 aromatic carbocycles. The number of carbonyl (C=O) groups excluding carboxylic acids is 2. The van der Waals surface area contributed by atoms with Crippen LogP contribution in [0.3, 0.4) is 0 Å². The van der Waals surface area contributed by atoms with Gasteiger partial charge in [0.25, 0.3) is 19.2 Å². The fourth-order valence-electron chi connectivity index (χ4n) is 2.92. The summed E-state index contributed by atoms with van der Waals surface area (Å²) in [7, 11) is -3.04. The van der Waals surface area contributed by atoms with Crippen molar-refractivity contribution in [2.24, 2.45) is 5.16 Å². The first-order chi connectivity index (χ1) is 14.5. The van der Waals surface area contributed by atoms with Crippen LogP contribution < -0.4 is 11.1 Å². The number of aliphatic carboxylic acids is 1. The van der Waals surface area contributed by atoms with Crippen molar-refractivity contribution in [3.8, 4) is 0 Å². The lowest BCUT2D eigenvalue weighted by Crippen LogP contribution is -2.71. The van der Waals surface area contributed by atoms with Gasteiger partial charge in [-0.1, -0.05) is 5.16 Å². The lowest BCUT2D eigenvalue weighted by atomic mass is 10.0. The van der Waals surface area contributed by atoms with E-state index in [9.17, 15) is 24.1 Å². The third-order valence-electron chi connectivity index (χ3n) is 4.16. The van der Waals surface area contributed by atoms with E-state index in [1.807, 2.05) is 6.26 Å². The topological polar surface area (TPSA) is 164 Å². The Labute approximate surface area is 190 Å². The van der Waals surface area contributed by atoms with Gasteiger partial charge in [-0.25, -0.2) is 9.78 Å². The molecule has 3 heterocycles. The number of carboxylic acids is 1. The molecule has 1 fully saturated rings. The van der Waals surface area contributed by atoms with Gasteiger partial charge >= 0.3 is 5.97 Å². The summed E-state index contributed by atoms with van der Waals surface area (Å²) in [6.45, 7) is 2.67. The summed E-state index contributed by atoms with van der Waals surface area (Å²) in [5, 5.41) is 17.0. The van der Waals surface area contributed by atoms with Crippen LogP contribution in [0.5, 0.6) is 0 Å². The molecule has 0 bridgehead atoms. The maximum absolute atomic E-state index is 12.9. The Morgan fingerprint density at radius 2 is 2.23 bits per heavy atom. The van der Waals surface area contributed by atoms with Gasteiger partial charge in [-0.15, -0.1) is 23.1 Å². The predicted molar refractivity (Wildman–Crippen MR) is 122 cm³/mol. The predicted octanol–water partition coefficient (Wildman–Crippen LogP) is 1.09. The molecule has 0 unspecified atom stereocenters. The minimum atomic E-state index is -3.04. The minimum absolute atomic E-state index is 0.0315. The zero-order valence-electron chi connectivity index (χ0n) is 16.7. The summed E-state index contributed by atoms with van der Waals surface area (Å²) in [5.41, 5.74) is 6.09. The third-order valence-corrected chi connectivity index (χ3v) is 7.29. The van der Waals surface area contributed by atoms with Crippen LogP contribution in [0.25, 0.3) is 0 Å². The zero-order chi connectivity index (χ0) is 22.9.